The van der Waals surface area contributed by atoms with Crippen LogP contribution in [0.25, 0.3) is 11.0 Å². The first-order chi connectivity index (χ1) is 6.75. The predicted octanol–water partition coefficient (Wildman–Crippen LogP) is 3.24. The van der Waals surface area contributed by atoms with Crippen molar-refractivity contribution in [2.75, 3.05) is 4.83 Å². The van der Waals surface area contributed by atoms with E-state index in [1.165, 1.54) is 11.9 Å². The number of alkyl halides is 1. The van der Waals surface area contributed by atoms with Gasteiger partial charge in [0.05, 0.1) is 11.0 Å². The molecule has 0 aliphatic carbocycles. The maximum absolute atomic E-state index is 6.06. The Labute approximate surface area is 98.1 Å². The van der Waals surface area contributed by atoms with Crippen molar-refractivity contribution in [1.29, 1.82) is 0 Å². The van der Waals surface area contributed by atoms with E-state index in [0.717, 1.165) is 21.3 Å². The summed E-state index contributed by atoms with van der Waals surface area (Å²) < 4.78 is 2.85. The molecule has 14 heavy (non-hydrogen) atoms. The van der Waals surface area contributed by atoms with Crippen LogP contribution in [0.2, 0.25) is 0 Å². The van der Waals surface area contributed by atoms with Gasteiger partial charge in [-0.1, -0.05) is 15.9 Å². The monoisotopic (exact) mass is 289 g/mol. The molecule has 0 fully saturated rings. The number of halogens is 2. The number of nitrogens with zero attached hydrogens (tertiary/aromatic N) is 2. The van der Waals surface area contributed by atoms with Crippen LogP contribution in [0.1, 0.15) is 10.5 Å². The molecule has 0 bridgehead atoms. The van der Waals surface area contributed by atoms with Gasteiger partial charge in [-0.3, -0.25) is 4.83 Å². The lowest BCUT2D eigenvalue weighted by molar-refractivity contribution is 0.969. The van der Waals surface area contributed by atoms with E-state index in [9.17, 15) is 0 Å². The molecule has 72 valence electrons. The Morgan fingerprint density at radius 3 is 3.29 bits per heavy atom. The molecule has 2 heterocycles. The van der Waals surface area contributed by atoms with E-state index in [2.05, 4.69) is 25.7 Å². The lowest BCUT2D eigenvalue weighted by atomic mass is 10.3. The lowest BCUT2D eigenvalue weighted by Crippen LogP contribution is -2.00. The summed E-state index contributed by atoms with van der Waals surface area (Å²) in [5, 5.41) is 0. The minimum atomic E-state index is -0.110. The van der Waals surface area contributed by atoms with Crippen molar-refractivity contribution in [1.82, 2.24) is 9.66 Å². The quantitative estimate of drug-likeness (QED) is 0.597. The number of aromatic nitrogens is 2. The summed E-state index contributed by atoms with van der Waals surface area (Å²) in [6.07, 6.45) is 0. The van der Waals surface area contributed by atoms with Gasteiger partial charge >= 0.3 is 0 Å². The predicted molar refractivity (Wildman–Crippen MR) is 63.0 cm³/mol. The first-order valence-corrected chi connectivity index (χ1v) is 6.10. The van der Waals surface area contributed by atoms with Gasteiger partial charge in [-0.2, -0.15) is 0 Å². The van der Waals surface area contributed by atoms with E-state index in [0.29, 0.717) is 0 Å². The van der Waals surface area contributed by atoms with E-state index in [1.54, 1.807) is 0 Å². The van der Waals surface area contributed by atoms with Crippen LogP contribution in [0.3, 0.4) is 0 Å². The zero-order chi connectivity index (χ0) is 9.71. The number of hydrogen-bond acceptors (Lipinski definition) is 3. The fraction of sp³-hybridized carbons (Fsp3) is 0.125. The van der Waals surface area contributed by atoms with E-state index >= 15 is 0 Å². The summed E-state index contributed by atoms with van der Waals surface area (Å²) in [6, 6.07) is 5.97. The van der Waals surface area contributed by atoms with Crippen LogP contribution >= 0.6 is 39.5 Å². The summed E-state index contributed by atoms with van der Waals surface area (Å²) in [5.41, 5.74) is 2.01. The number of benzene rings is 1. The second kappa shape index (κ2) is 3.05. The van der Waals surface area contributed by atoms with Crippen LogP contribution in [0.5, 0.6) is 0 Å². The molecule has 0 saturated heterocycles. The zero-order valence-corrected chi connectivity index (χ0v) is 10.0. The van der Waals surface area contributed by atoms with Crippen molar-refractivity contribution in [3.63, 3.8) is 0 Å². The van der Waals surface area contributed by atoms with Crippen LogP contribution in [0.15, 0.2) is 22.7 Å². The molecule has 1 aliphatic rings. The van der Waals surface area contributed by atoms with Crippen molar-refractivity contribution in [3.05, 3.63) is 28.5 Å². The van der Waals surface area contributed by atoms with Gasteiger partial charge in [-0.15, -0.1) is 11.6 Å². The van der Waals surface area contributed by atoms with Gasteiger partial charge < -0.3 is 0 Å². The molecule has 2 aromatic rings. The summed E-state index contributed by atoms with van der Waals surface area (Å²) in [7, 11) is 0. The topological polar surface area (TPSA) is 29.9 Å². The van der Waals surface area contributed by atoms with Crippen molar-refractivity contribution in [3.8, 4) is 0 Å². The van der Waals surface area contributed by atoms with E-state index in [-0.39, 0.29) is 4.71 Å². The third-order valence-electron chi connectivity index (χ3n) is 2.09. The fourth-order valence-corrected chi connectivity index (χ4v) is 2.74. The SMILES string of the molecule is ClC1SNn2c1nc1ccc(Br)cc12. The Kier molecular flexibility index (Phi) is 1.93. The Morgan fingerprint density at radius 1 is 1.57 bits per heavy atom. The molecule has 1 aliphatic heterocycles. The highest BCUT2D eigenvalue weighted by atomic mass is 79.9. The molecule has 3 nitrogen and oxygen atoms in total. The lowest BCUT2D eigenvalue weighted by Gasteiger charge is -1.99. The van der Waals surface area contributed by atoms with Crippen LogP contribution in [0.4, 0.5) is 0 Å². The minimum absolute atomic E-state index is 0.110. The largest absolute Gasteiger partial charge is 0.264 e. The van der Waals surface area contributed by atoms with Crippen molar-refractivity contribution in [2.45, 2.75) is 4.71 Å². The molecule has 1 aromatic heterocycles. The molecule has 0 spiro atoms. The maximum Gasteiger partial charge on any atom is 0.159 e. The number of nitrogens with one attached hydrogen (secondary N) is 1. The highest BCUT2D eigenvalue weighted by Gasteiger charge is 2.25. The van der Waals surface area contributed by atoms with Crippen LogP contribution in [-0.2, 0) is 0 Å². The second-order valence-electron chi connectivity index (χ2n) is 2.96. The molecule has 1 N–H and O–H groups in total. The average Bonchev–Trinajstić information content (AvgIpc) is 2.67. The first kappa shape index (κ1) is 8.88. The number of hydrogen-bond donors (Lipinski definition) is 1. The molecule has 0 saturated carbocycles. The van der Waals surface area contributed by atoms with Gasteiger partial charge in [-0.05, 0) is 30.1 Å². The summed E-state index contributed by atoms with van der Waals surface area (Å²) in [5.74, 6) is 0.866. The Hall–Kier alpha value is -0.390. The van der Waals surface area contributed by atoms with Gasteiger partial charge in [0.15, 0.2) is 10.5 Å². The molecular weight excluding hydrogens is 286 g/mol. The van der Waals surface area contributed by atoms with Crippen molar-refractivity contribution >= 4 is 50.5 Å². The molecule has 3 rings (SSSR count). The van der Waals surface area contributed by atoms with E-state index in [4.69, 9.17) is 11.6 Å². The third kappa shape index (κ3) is 1.16. The average molecular weight is 291 g/mol. The first-order valence-electron chi connectivity index (χ1n) is 3.99. The highest BCUT2D eigenvalue weighted by molar-refractivity contribution is 9.10. The van der Waals surface area contributed by atoms with Gasteiger partial charge in [0, 0.05) is 4.47 Å². The number of imidazole rings is 1. The Balaban J connectivity index is 2.36. The van der Waals surface area contributed by atoms with Crippen LogP contribution in [0, 0.1) is 0 Å². The van der Waals surface area contributed by atoms with Gasteiger partial charge in [0.25, 0.3) is 0 Å². The van der Waals surface area contributed by atoms with Crippen LogP contribution < -0.4 is 4.83 Å². The van der Waals surface area contributed by atoms with Crippen LogP contribution in [-0.4, -0.2) is 9.66 Å². The molecule has 0 radical (unpaired) electrons. The Bertz CT molecular complexity index is 513. The summed E-state index contributed by atoms with van der Waals surface area (Å²) >= 11 is 10.9. The molecule has 1 aromatic carbocycles. The Morgan fingerprint density at radius 2 is 2.43 bits per heavy atom. The van der Waals surface area contributed by atoms with Crippen molar-refractivity contribution in [2.24, 2.45) is 0 Å². The zero-order valence-electron chi connectivity index (χ0n) is 6.87. The molecular formula is C8H5BrClN3S. The van der Waals surface area contributed by atoms with Gasteiger partial charge in [-0.25, -0.2) is 9.66 Å². The molecule has 6 heteroatoms. The van der Waals surface area contributed by atoms with Gasteiger partial charge in [0.2, 0.25) is 0 Å². The van der Waals surface area contributed by atoms with Crippen molar-refractivity contribution < 1.29 is 0 Å². The second-order valence-corrected chi connectivity index (χ2v) is 5.46. The van der Waals surface area contributed by atoms with E-state index in [1.807, 2.05) is 22.9 Å². The molecule has 1 unspecified atom stereocenters. The summed E-state index contributed by atoms with van der Waals surface area (Å²) in [4.78, 5) is 7.56. The smallest absolute Gasteiger partial charge is 0.159 e. The van der Waals surface area contributed by atoms with Gasteiger partial charge in [0.1, 0.15) is 0 Å². The molecule has 0 amide bonds. The minimum Gasteiger partial charge on any atom is -0.264 e. The fourth-order valence-electron chi connectivity index (χ4n) is 1.47. The number of rotatable bonds is 0. The molecule has 1 atom stereocenters. The summed E-state index contributed by atoms with van der Waals surface area (Å²) in [6.45, 7) is 0. The normalized spacial score (nSPS) is 19.7. The third-order valence-corrected chi connectivity index (χ3v) is 3.75. The highest BCUT2D eigenvalue weighted by Crippen LogP contribution is 2.38. The maximum atomic E-state index is 6.06. The standard InChI is InChI=1S/C8H5BrClN3S/c9-4-1-2-5-6(3-4)13-8(11-5)7(10)14-12-13/h1-3,7,12H. The number of fused-ring (bicyclic) bond motifs is 3. The van der Waals surface area contributed by atoms with E-state index < -0.39 is 0 Å².